The summed E-state index contributed by atoms with van der Waals surface area (Å²) in [5.41, 5.74) is 9.65. The van der Waals surface area contributed by atoms with Crippen LogP contribution < -0.4 is 5.73 Å². The van der Waals surface area contributed by atoms with Crippen LogP contribution in [0.3, 0.4) is 0 Å². The lowest BCUT2D eigenvalue weighted by Crippen LogP contribution is -2.06. The highest BCUT2D eigenvalue weighted by molar-refractivity contribution is 6.18. The second kappa shape index (κ2) is 4.28. The van der Waals surface area contributed by atoms with E-state index in [2.05, 4.69) is 4.98 Å². The van der Waals surface area contributed by atoms with Gasteiger partial charge < -0.3 is 10.7 Å². The molecule has 0 atom stereocenters. The molecule has 19 heavy (non-hydrogen) atoms. The molecule has 0 saturated carbocycles. The molecule has 2 aromatic carbocycles. The molecule has 0 radical (unpaired) electrons. The molecule has 3 nitrogen and oxygen atoms in total. The van der Waals surface area contributed by atoms with Crippen molar-refractivity contribution in [1.29, 1.82) is 0 Å². The SMILES string of the molecule is Cc1cccc(C(=O)c2c[nH]c3ccccc23)c1N. The van der Waals surface area contributed by atoms with E-state index in [4.69, 9.17) is 5.73 Å². The van der Waals surface area contributed by atoms with Crippen molar-refractivity contribution in [3.63, 3.8) is 0 Å². The van der Waals surface area contributed by atoms with Crippen molar-refractivity contribution in [2.45, 2.75) is 6.92 Å². The van der Waals surface area contributed by atoms with E-state index in [9.17, 15) is 4.79 Å². The summed E-state index contributed by atoms with van der Waals surface area (Å²) < 4.78 is 0. The van der Waals surface area contributed by atoms with Gasteiger partial charge in [0.15, 0.2) is 5.78 Å². The van der Waals surface area contributed by atoms with Crippen LogP contribution in [0, 0.1) is 6.92 Å². The van der Waals surface area contributed by atoms with Crippen LogP contribution in [0.4, 0.5) is 5.69 Å². The minimum absolute atomic E-state index is 0.0429. The number of nitrogens with two attached hydrogens (primary N) is 1. The molecule has 0 unspecified atom stereocenters. The first-order valence-electron chi connectivity index (χ1n) is 6.14. The van der Waals surface area contributed by atoms with Crippen molar-refractivity contribution in [3.8, 4) is 0 Å². The number of hydrogen-bond donors (Lipinski definition) is 2. The van der Waals surface area contributed by atoms with E-state index >= 15 is 0 Å². The molecule has 3 rings (SSSR count). The van der Waals surface area contributed by atoms with Crippen LogP contribution in [0.5, 0.6) is 0 Å². The van der Waals surface area contributed by atoms with Gasteiger partial charge in [-0.2, -0.15) is 0 Å². The van der Waals surface area contributed by atoms with Gasteiger partial charge in [-0.25, -0.2) is 0 Å². The highest BCUT2D eigenvalue weighted by Gasteiger charge is 2.16. The summed E-state index contributed by atoms with van der Waals surface area (Å²) in [6.07, 6.45) is 1.74. The molecule has 0 bridgehead atoms. The number of fused-ring (bicyclic) bond motifs is 1. The first kappa shape index (κ1) is 11.5. The third kappa shape index (κ3) is 1.80. The third-order valence-corrected chi connectivity index (χ3v) is 3.40. The lowest BCUT2D eigenvalue weighted by Gasteiger charge is -2.06. The predicted molar refractivity (Wildman–Crippen MR) is 77.3 cm³/mol. The maximum atomic E-state index is 12.6. The first-order chi connectivity index (χ1) is 9.18. The molecule has 94 valence electrons. The number of nitrogens with one attached hydrogen (secondary N) is 1. The van der Waals surface area contributed by atoms with Gasteiger partial charge in [0.05, 0.1) is 0 Å². The molecule has 3 heteroatoms. The van der Waals surface area contributed by atoms with Gasteiger partial charge in [0.1, 0.15) is 0 Å². The van der Waals surface area contributed by atoms with Gasteiger partial charge in [0.2, 0.25) is 0 Å². The Bertz CT molecular complexity index is 771. The van der Waals surface area contributed by atoms with Crippen LogP contribution in [0.2, 0.25) is 0 Å². The van der Waals surface area contributed by atoms with Gasteiger partial charge in [-0.15, -0.1) is 0 Å². The van der Waals surface area contributed by atoms with E-state index < -0.39 is 0 Å². The first-order valence-corrected chi connectivity index (χ1v) is 6.14. The number of anilines is 1. The standard InChI is InChI=1S/C16H14N2O/c1-10-5-4-7-12(15(10)17)16(19)13-9-18-14-8-3-2-6-11(13)14/h2-9,18H,17H2,1H3. The smallest absolute Gasteiger partial charge is 0.197 e. The maximum Gasteiger partial charge on any atom is 0.197 e. The van der Waals surface area contributed by atoms with Crippen molar-refractivity contribution in [1.82, 2.24) is 4.98 Å². The Morgan fingerprint density at radius 2 is 1.84 bits per heavy atom. The minimum atomic E-state index is -0.0429. The highest BCUT2D eigenvalue weighted by Crippen LogP contribution is 2.24. The van der Waals surface area contributed by atoms with E-state index in [0.29, 0.717) is 16.8 Å². The number of nitrogen functional groups attached to an aromatic ring is 1. The van der Waals surface area contributed by atoms with Gasteiger partial charge in [0, 0.05) is 33.9 Å². The minimum Gasteiger partial charge on any atom is -0.398 e. The molecule has 0 saturated heterocycles. The summed E-state index contributed by atoms with van der Waals surface area (Å²) in [6.45, 7) is 1.90. The van der Waals surface area contributed by atoms with Gasteiger partial charge in [-0.05, 0) is 24.6 Å². The van der Waals surface area contributed by atoms with E-state index in [0.717, 1.165) is 16.5 Å². The molecule has 0 aliphatic carbocycles. The Labute approximate surface area is 111 Å². The topological polar surface area (TPSA) is 58.9 Å². The van der Waals surface area contributed by atoms with Crippen molar-refractivity contribution in [2.24, 2.45) is 0 Å². The third-order valence-electron chi connectivity index (χ3n) is 3.40. The summed E-state index contributed by atoms with van der Waals surface area (Å²) >= 11 is 0. The zero-order valence-electron chi connectivity index (χ0n) is 10.6. The van der Waals surface area contributed by atoms with Crippen molar-refractivity contribution < 1.29 is 4.79 Å². The summed E-state index contributed by atoms with van der Waals surface area (Å²) in [7, 11) is 0. The Balaban J connectivity index is 2.17. The normalized spacial score (nSPS) is 10.8. The van der Waals surface area contributed by atoms with E-state index in [1.165, 1.54) is 0 Å². The maximum absolute atomic E-state index is 12.6. The number of hydrogen-bond acceptors (Lipinski definition) is 2. The Kier molecular flexibility index (Phi) is 2.60. The van der Waals surface area contributed by atoms with Crippen LogP contribution in [0.25, 0.3) is 10.9 Å². The molecule has 0 aliphatic heterocycles. The van der Waals surface area contributed by atoms with Gasteiger partial charge in [0.25, 0.3) is 0 Å². The molecule has 1 heterocycles. The molecule has 0 amide bonds. The van der Waals surface area contributed by atoms with Crippen LogP contribution in [-0.2, 0) is 0 Å². The fourth-order valence-corrected chi connectivity index (χ4v) is 2.28. The second-order valence-electron chi connectivity index (χ2n) is 4.61. The quantitative estimate of drug-likeness (QED) is 0.541. The van der Waals surface area contributed by atoms with E-state index in [1.807, 2.05) is 43.3 Å². The molecule has 1 aromatic heterocycles. The summed E-state index contributed by atoms with van der Waals surface area (Å²) in [6, 6.07) is 13.3. The number of rotatable bonds is 2. The number of H-pyrrole nitrogens is 1. The Morgan fingerprint density at radius 3 is 2.68 bits per heavy atom. The molecule has 3 aromatic rings. The van der Waals surface area contributed by atoms with Gasteiger partial charge >= 0.3 is 0 Å². The molecule has 0 fully saturated rings. The molecule has 0 aliphatic rings. The summed E-state index contributed by atoms with van der Waals surface area (Å²) in [4.78, 5) is 15.7. The molecule has 3 N–H and O–H groups in total. The predicted octanol–water partition coefficient (Wildman–Crippen LogP) is 3.29. The summed E-state index contributed by atoms with van der Waals surface area (Å²) in [5, 5.41) is 0.924. The largest absolute Gasteiger partial charge is 0.398 e. The van der Waals surface area contributed by atoms with Crippen LogP contribution in [0.1, 0.15) is 21.5 Å². The van der Waals surface area contributed by atoms with Crippen molar-refractivity contribution >= 4 is 22.4 Å². The number of benzene rings is 2. The van der Waals surface area contributed by atoms with Crippen LogP contribution in [0.15, 0.2) is 48.7 Å². The monoisotopic (exact) mass is 250 g/mol. The highest BCUT2D eigenvalue weighted by atomic mass is 16.1. The Hall–Kier alpha value is -2.55. The second-order valence-corrected chi connectivity index (χ2v) is 4.61. The van der Waals surface area contributed by atoms with E-state index in [-0.39, 0.29) is 5.78 Å². The summed E-state index contributed by atoms with van der Waals surface area (Å²) in [5.74, 6) is -0.0429. The lowest BCUT2D eigenvalue weighted by atomic mass is 9.99. The average molecular weight is 250 g/mol. The lowest BCUT2D eigenvalue weighted by molar-refractivity contribution is 0.104. The zero-order valence-corrected chi connectivity index (χ0v) is 10.6. The van der Waals surface area contributed by atoms with E-state index in [1.54, 1.807) is 12.3 Å². The number of para-hydroxylation sites is 2. The fraction of sp³-hybridized carbons (Fsp3) is 0.0625. The number of ketones is 1. The number of carbonyl (C=O) groups excluding carboxylic acids is 1. The molecular weight excluding hydrogens is 236 g/mol. The Morgan fingerprint density at radius 1 is 1.05 bits per heavy atom. The number of carbonyl (C=O) groups is 1. The number of aromatic nitrogens is 1. The van der Waals surface area contributed by atoms with Crippen molar-refractivity contribution in [2.75, 3.05) is 5.73 Å². The average Bonchev–Trinajstić information content (AvgIpc) is 2.85. The molecular formula is C16H14N2O. The van der Waals surface area contributed by atoms with Crippen LogP contribution in [-0.4, -0.2) is 10.8 Å². The van der Waals surface area contributed by atoms with Gasteiger partial charge in [-0.3, -0.25) is 4.79 Å². The van der Waals surface area contributed by atoms with Gasteiger partial charge in [-0.1, -0.05) is 30.3 Å². The number of aromatic amines is 1. The molecule has 0 spiro atoms. The van der Waals surface area contributed by atoms with Crippen molar-refractivity contribution in [3.05, 3.63) is 65.4 Å². The fourth-order valence-electron chi connectivity index (χ4n) is 2.28. The van der Waals surface area contributed by atoms with Crippen LogP contribution >= 0.6 is 0 Å². The zero-order chi connectivity index (χ0) is 13.4. The number of aryl methyl sites for hydroxylation is 1.